The van der Waals surface area contributed by atoms with Crippen molar-refractivity contribution < 1.29 is 4.79 Å². The molecule has 0 aliphatic carbocycles. The Labute approximate surface area is 171 Å². The van der Waals surface area contributed by atoms with Crippen LogP contribution < -0.4 is 5.32 Å². The molecule has 0 bridgehead atoms. The molecule has 0 radical (unpaired) electrons. The molecule has 0 unspecified atom stereocenters. The zero-order valence-corrected chi connectivity index (χ0v) is 18.2. The van der Waals surface area contributed by atoms with Crippen LogP contribution in [0.25, 0.3) is 0 Å². The third-order valence-corrected chi connectivity index (χ3v) is 5.61. The van der Waals surface area contributed by atoms with Crippen LogP contribution in [0, 0.1) is 5.92 Å². The molecule has 1 fully saturated rings. The maximum absolute atomic E-state index is 11.9. The van der Waals surface area contributed by atoms with Crippen molar-refractivity contribution >= 4 is 11.6 Å². The van der Waals surface area contributed by atoms with Gasteiger partial charge in [-0.2, -0.15) is 0 Å². The van der Waals surface area contributed by atoms with Crippen molar-refractivity contribution in [1.29, 1.82) is 0 Å². The molecule has 1 aliphatic rings. The molecule has 3 heteroatoms. The normalized spacial score (nSPS) is 16.8. The fraction of sp³-hybridized carbons (Fsp3) is 0.560. The third kappa shape index (κ3) is 7.63. The molecule has 1 aromatic carbocycles. The number of amides is 1. The smallest absolute Gasteiger partial charge is 0.226 e. The summed E-state index contributed by atoms with van der Waals surface area (Å²) in [6.07, 6.45) is 12.6. The van der Waals surface area contributed by atoms with E-state index in [-0.39, 0.29) is 11.8 Å². The summed E-state index contributed by atoms with van der Waals surface area (Å²) in [6.45, 7) is 11.7. The largest absolute Gasteiger partial charge is 0.326 e. The van der Waals surface area contributed by atoms with Crippen LogP contribution in [0.3, 0.4) is 0 Å². The van der Waals surface area contributed by atoms with Gasteiger partial charge >= 0.3 is 0 Å². The zero-order chi connectivity index (χ0) is 20.4. The molecule has 28 heavy (non-hydrogen) atoms. The average molecular weight is 383 g/mol. The predicted molar refractivity (Wildman–Crippen MR) is 121 cm³/mol. The molecule has 0 spiro atoms. The average Bonchev–Trinajstić information content (AvgIpc) is 2.70. The predicted octanol–water partition coefficient (Wildman–Crippen LogP) is 6.15. The molecule has 3 nitrogen and oxygen atoms in total. The van der Waals surface area contributed by atoms with Crippen LogP contribution in [0.1, 0.15) is 71.3 Å². The quantitative estimate of drug-likeness (QED) is 0.410. The molecule has 1 saturated heterocycles. The van der Waals surface area contributed by atoms with Gasteiger partial charge in [-0.15, -0.1) is 0 Å². The van der Waals surface area contributed by atoms with Gasteiger partial charge in [-0.1, -0.05) is 49.8 Å². The number of rotatable bonds is 9. The monoisotopic (exact) mass is 382 g/mol. The van der Waals surface area contributed by atoms with Crippen LogP contribution in [-0.4, -0.2) is 30.4 Å². The fourth-order valence-corrected chi connectivity index (χ4v) is 3.73. The Morgan fingerprint density at radius 3 is 2.68 bits per heavy atom. The highest BCUT2D eigenvalue weighted by atomic mass is 16.1. The molecular weight excluding hydrogens is 344 g/mol. The van der Waals surface area contributed by atoms with E-state index in [1.165, 1.54) is 62.9 Å². The van der Waals surface area contributed by atoms with Crippen LogP contribution in [0.5, 0.6) is 0 Å². The number of carbonyl (C=O) groups excluding carboxylic acids is 1. The van der Waals surface area contributed by atoms with Crippen molar-refractivity contribution in [1.82, 2.24) is 4.90 Å². The van der Waals surface area contributed by atoms with E-state index >= 15 is 0 Å². The summed E-state index contributed by atoms with van der Waals surface area (Å²) >= 11 is 0. The molecule has 1 heterocycles. The van der Waals surface area contributed by atoms with E-state index in [4.69, 9.17) is 0 Å². The van der Waals surface area contributed by atoms with Crippen molar-refractivity contribution in [2.45, 2.75) is 65.7 Å². The lowest BCUT2D eigenvalue weighted by molar-refractivity contribution is -0.118. The van der Waals surface area contributed by atoms with Crippen molar-refractivity contribution in [3.8, 4) is 0 Å². The molecule has 2 rings (SSSR count). The highest BCUT2D eigenvalue weighted by Crippen LogP contribution is 2.29. The zero-order valence-electron chi connectivity index (χ0n) is 18.2. The van der Waals surface area contributed by atoms with Gasteiger partial charge in [-0.25, -0.2) is 0 Å². The number of anilines is 1. The minimum absolute atomic E-state index is 0.00859. The number of benzene rings is 1. The molecule has 1 aliphatic heterocycles. The lowest BCUT2D eigenvalue weighted by atomic mass is 9.89. The molecule has 1 aromatic rings. The number of carbonyl (C=O) groups is 1. The van der Waals surface area contributed by atoms with E-state index in [0.717, 1.165) is 5.69 Å². The molecule has 0 atom stereocenters. The molecule has 1 amide bonds. The second kappa shape index (κ2) is 11.9. The lowest BCUT2D eigenvalue weighted by Gasteiger charge is -2.32. The van der Waals surface area contributed by atoms with E-state index in [0.29, 0.717) is 5.92 Å². The number of hydrogen-bond donors (Lipinski definition) is 1. The first-order valence-corrected chi connectivity index (χ1v) is 10.9. The van der Waals surface area contributed by atoms with E-state index in [9.17, 15) is 4.79 Å². The summed E-state index contributed by atoms with van der Waals surface area (Å²) < 4.78 is 0. The Balaban J connectivity index is 1.74. The number of piperidine rings is 1. The number of likely N-dealkylation sites (tertiary alicyclic amines) is 1. The highest BCUT2D eigenvalue weighted by molar-refractivity contribution is 5.92. The number of allylic oxidation sites excluding steroid dienone is 4. The van der Waals surface area contributed by atoms with E-state index < -0.39 is 0 Å². The number of nitrogens with zero attached hydrogens (tertiary/aromatic N) is 1. The first-order valence-electron chi connectivity index (χ1n) is 10.9. The Morgan fingerprint density at radius 2 is 2.00 bits per heavy atom. The topological polar surface area (TPSA) is 32.3 Å². The van der Waals surface area contributed by atoms with Crippen LogP contribution in [0.15, 0.2) is 48.1 Å². The first kappa shape index (κ1) is 22.4. The van der Waals surface area contributed by atoms with Crippen molar-refractivity contribution in [3.63, 3.8) is 0 Å². The summed E-state index contributed by atoms with van der Waals surface area (Å²) in [5, 5.41) is 3.03. The highest BCUT2D eigenvalue weighted by Gasteiger charge is 2.20. The van der Waals surface area contributed by atoms with Crippen LogP contribution >= 0.6 is 0 Å². The second-order valence-electron chi connectivity index (χ2n) is 8.38. The summed E-state index contributed by atoms with van der Waals surface area (Å²) in [6, 6.07) is 8.44. The van der Waals surface area contributed by atoms with Crippen LogP contribution in [-0.2, 0) is 4.79 Å². The second-order valence-corrected chi connectivity index (χ2v) is 8.38. The standard InChI is InChI=1S/C25H38N2O/c1-5-6-10-21(4)11-7-8-16-27-17-14-22(15-18-27)23-12-9-13-24(19-23)26-25(28)20(2)3/h5-6,9-10,12-13,19-20,22H,7-8,11,14-18H2,1-4H3,(H,26,28)/b6-5-,21-10+. The van der Waals surface area contributed by atoms with Gasteiger partial charge in [0.2, 0.25) is 5.91 Å². The number of nitrogens with one attached hydrogen (secondary N) is 1. The molecular formula is C25H38N2O. The third-order valence-electron chi connectivity index (χ3n) is 5.61. The van der Waals surface area contributed by atoms with Crippen molar-refractivity contribution in [2.75, 3.05) is 25.0 Å². The Morgan fingerprint density at radius 1 is 1.25 bits per heavy atom. The summed E-state index contributed by atoms with van der Waals surface area (Å²) in [5.41, 5.74) is 3.77. The first-order chi connectivity index (χ1) is 13.5. The van der Waals surface area contributed by atoms with Gasteiger partial charge in [-0.05, 0) is 89.2 Å². The Bertz CT molecular complexity index is 667. The Kier molecular flexibility index (Phi) is 9.49. The minimum Gasteiger partial charge on any atom is -0.326 e. The van der Waals surface area contributed by atoms with Crippen LogP contribution in [0.4, 0.5) is 5.69 Å². The molecule has 154 valence electrons. The van der Waals surface area contributed by atoms with Crippen LogP contribution in [0.2, 0.25) is 0 Å². The van der Waals surface area contributed by atoms with Gasteiger partial charge in [0.05, 0.1) is 0 Å². The summed E-state index contributed by atoms with van der Waals surface area (Å²) in [7, 11) is 0. The molecule has 0 saturated carbocycles. The van der Waals surface area contributed by atoms with Gasteiger partial charge in [0.25, 0.3) is 0 Å². The minimum atomic E-state index is 0.00859. The molecule has 0 aromatic heterocycles. The van der Waals surface area contributed by atoms with Gasteiger partial charge in [0.1, 0.15) is 0 Å². The number of unbranched alkanes of at least 4 members (excludes halogenated alkanes) is 1. The van der Waals surface area contributed by atoms with Gasteiger partial charge in [0.15, 0.2) is 0 Å². The molecule has 1 N–H and O–H groups in total. The van der Waals surface area contributed by atoms with Crippen molar-refractivity contribution in [3.05, 3.63) is 53.6 Å². The lowest BCUT2D eigenvalue weighted by Crippen LogP contribution is -2.33. The van der Waals surface area contributed by atoms with E-state index in [1.54, 1.807) is 0 Å². The van der Waals surface area contributed by atoms with Crippen molar-refractivity contribution in [2.24, 2.45) is 5.92 Å². The maximum atomic E-state index is 11.9. The SMILES string of the molecule is C/C=C\C=C(/C)CCCCN1CCC(c2cccc(NC(=O)C(C)C)c2)CC1. The fourth-order valence-electron chi connectivity index (χ4n) is 3.73. The number of hydrogen-bond acceptors (Lipinski definition) is 2. The van der Waals surface area contributed by atoms with Gasteiger partial charge in [-0.3, -0.25) is 4.79 Å². The van der Waals surface area contributed by atoms with Gasteiger partial charge < -0.3 is 10.2 Å². The summed E-state index contributed by atoms with van der Waals surface area (Å²) in [5.74, 6) is 0.704. The van der Waals surface area contributed by atoms with E-state index in [1.807, 2.05) is 19.9 Å². The summed E-state index contributed by atoms with van der Waals surface area (Å²) in [4.78, 5) is 14.6. The Hall–Kier alpha value is -1.87. The maximum Gasteiger partial charge on any atom is 0.226 e. The van der Waals surface area contributed by atoms with E-state index in [2.05, 4.69) is 60.5 Å². The van der Waals surface area contributed by atoms with Gasteiger partial charge in [0, 0.05) is 11.6 Å².